The van der Waals surface area contributed by atoms with Gasteiger partial charge in [-0.1, -0.05) is 23.9 Å². The summed E-state index contributed by atoms with van der Waals surface area (Å²) in [6, 6.07) is 9.53. The van der Waals surface area contributed by atoms with Crippen molar-refractivity contribution in [3.05, 3.63) is 36.0 Å². The van der Waals surface area contributed by atoms with Gasteiger partial charge >= 0.3 is 6.03 Å². The average molecular weight is 485 g/mol. The standard InChI is InChI=1S/C24H31N5O4S/c30-23(26-19-7-8-19)25-18-5-3-17(4-6-18)22-27-20(24(16-34(31)32)9-1-2-10-24)15-21(28-22)29-11-13-33-14-12-29/h3-6,15,19H,1-2,7-14,16H2,(H,31,32)(H2,25,26,30)/p-1. The van der Waals surface area contributed by atoms with Crippen LogP contribution in [0.2, 0.25) is 0 Å². The van der Waals surface area contributed by atoms with E-state index in [1.54, 1.807) is 0 Å². The Morgan fingerprint density at radius 2 is 1.85 bits per heavy atom. The zero-order valence-electron chi connectivity index (χ0n) is 19.1. The van der Waals surface area contributed by atoms with Crippen LogP contribution < -0.4 is 15.5 Å². The van der Waals surface area contributed by atoms with Crippen molar-refractivity contribution in [1.82, 2.24) is 15.3 Å². The number of hydrogen-bond acceptors (Lipinski definition) is 7. The van der Waals surface area contributed by atoms with Crippen molar-refractivity contribution in [1.29, 1.82) is 0 Å². The van der Waals surface area contributed by atoms with E-state index in [2.05, 4.69) is 15.5 Å². The molecule has 1 aromatic heterocycles. The number of urea groups is 1. The van der Waals surface area contributed by atoms with E-state index < -0.39 is 16.5 Å². The van der Waals surface area contributed by atoms with E-state index in [9.17, 15) is 13.6 Å². The highest BCUT2D eigenvalue weighted by Gasteiger charge is 2.38. The van der Waals surface area contributed by atoms with Gasteiger partial charge in [-0.25, -0.2) is 14.8 Å². The lowest BCUT2D eigenvalue weighted by Crippen LogP contribution is -2.38. The Hall–Kier alpha value is -2.56. The Balaban J connectivity index is 1.46. The third-order valence-electron chi connectivity index (χ3n) is 6.86. The number of aromatic nitrogens is 2. The molecule has 1 atom stereocenters. The summed E-state index contributed by atoms with van der Waals surface area (Å²) in [5.74, 6) is 1.44. The quantitative estimate of drug-likeness (QED) is 0.580. The van der Waals surface area contributed by atoms with Crippen molar-refractivity contribution in [2.24, 2.45) is 0 Å². The summed E-state index contributed by atoms with van der Waals surface area (Å²) in [6.07, 6.45) is 5.66. The smallest absolute Gasteiger partial charge is 0.319 e. The second-order valence-electron chi connectivity index (χ2n) is 9.42. The molecular weight excluding hydrogens is 454 g/mol. The number of carbonyl (C=O) groups is 1. The molecule has 9 nitrogen and oxygen atoms in total. The van der Waals surface area contributed by atoms with Crippen molar-refractivity contribution in [3.63, 3.8) is 0 Å². The molecular formula is C24H30N5O4S-. The number of rotatable bonds is 7. The van der Waals surface area contributed by atoms with Gasteiger partial charge in [-0.2, -0.15) is 0 Å². The molecule has 3 aliphatic rings. The number of nitrogens with one attached hydrogen (secondary N) is 2. The van der Waals surface area contributed by atoms with Gasteiger partial charge in [0.1, 0.15) is 5.82 Å². The van der Waals surface area contributed by atoms with Crippen LogP contribution in [0, 0.1) is 0 Å². The summed E-state index contributed by atoms with van der Waals surface area (Å²) in [5, 5.41) is 5.77. The summed E-state index contributed by atoms with van der Waals surface area (Å²) in [6.45, 7) is 2.73. The van der Waals surface area contributed by atoms with Crippen molar-refractivity contribution in [3.8, 4) is 11.4 Å². The minimum absolute atomic E-state index is 0.0744. The Labute approximate surface area is 202 Å². The van der Waals surface area contributed by atoms with Crippen molar-refractivity contribution in [2.75, 3.05) is 42.3 Å². The number of ether oxygens (including phenoxy) is 1. The fourth-order valence-electron chi connectivity index (χ4n) is 4.82. The molecule has 2 heterocycles. The number of anilines is 2. The normalized spacial score (nSPS) is 20.7. The highest BCUT2D eigenvalue weighted by atomic mass is 32.2. The van der Waals surface area contributed by atoms with Gasteiger partial charge in [0.25, 0.3) is 0 Å². The lowest BCUT2D eigenvalue weighted by atomic mass is 9.84. The molecule has 2 amide bonds. The molecule has 182 valence electrons. The number of amides is 2. The molecule has 0 spiro atoms. The Kier molecular flexibility index (Phi) is 6.80. The summed E-state index contributed by atoms with van der Waals surface area (Å²) in [5.41, 5.74) is 1.83. The van der Waals surface area contributed by atoms with Crippen LogP contribution in [-0.4, -0.2) is 62.9 Å². The lowest BCUT2D eigenvalue weighted by molar-refractivity contribution is 0.122. The first-order valence-electron chi connectivity index (χ1n) is 12.0. The van der Waals surface area contributed by atoms with Gasteiger partial charge in [0.05, 0.1) is 18.9 Å². The first kappa shape index (κ1) is 23.2. The first-order chi connectivity index (χ1) is 16.5. The van der Waals surface area contributed by atoms with Gasteiger partial charge in [-0.15, -0.1) is 0 Å². The monoisotopic (exact) mass is 484 g/mol. The molecule has 1 unspecified atom stereocenters. The molecule has 1 aliphatic heterocycles. The van der Waals surface area contributed by atoms with E-state index in [1.807, 2.05) is 30.3 Å². The summed E-state index contributed by atoms with van der Waals surface area (Å²) < 4.78 is 29.0. The molecule has 5 rings (SSSR count). The van der Waals surface area contributed by atoms with Crippen molar-refractivity contribution in [2.45, 2.75) is 50.0 Å². The number of morpholine rings is 1. The SMILES string of the molecule is O=C(Nc1ccc(-c2nc(N3CCOCC3)cc(C3(CS(=O)[O-])CCCC3)n2)cc1)NC1CC1. The third kappa shape index (κ3) is 5.39. The van der Waals surface area contributed by atoms with E-state index in [0.29, 0.717) is 30.8 Å². The molecule has 2 saturated carbocycles. The molecule has 1 saturated heterocycles. The van der Waals surface area contributed by atoms with Gasteiger partial charge in [-0.05, 0) is 49.9 Å². The van der Waals surface area contributed by atoms with Crippen LogP contribution >= 0.6 is 0 Å². The van der Waals surface area contributed by atoms with E-state index in [0.717, 1.165) is 68.7 Å². The maximum atomic E-state index is 12.0. The molecule has 1 aromatic carbocycles. The fourth-order valence-corrected chi connectivity index (χ4v) is 5.71. The molecule has 0 radical (unpaired) electrons. The van der Waals surface area contributed by atoms with Gasteiger partial charge in [0.15, 0.2) is 5.82 Å². The molecule has 3 fully saturated rings. The molecule has 0 bridgehead atoms. The fraction of sp³-hybridized carbons (Fsp3) is 0.542. The maximum Gasteiger partial charge on any atom is 0.319 e. The minimum Gasteiger partial charge on any atom is -0.772 e. The molecule has 10 heteroatoms. The van der Waals surface area contributed by atoms with Crippen molar-refractivity contribution < 1.29 is 18.3 Å². The molecule has 34 heavy (non-hydrogen) atoms. The number of benzene rings is 1. The van der Waals surface area contributed by atoms with Crippen LogP contribution in [0.3, 0.4) is 0 Å². The van der Waals surface area contributed by atoms with Crippen LogP contribution in [0.4, 0.5) is 16.3 Å². The van der Waals surface area contributed by atoms with Gasteiger partial charge < -0.3 is 24.8 Å². The van der Waals surface area contributed by atoms with Crippen LogP contribution in [0.1, 0.15) is 44.2 Å². The Morgan fingerprint density at radius 3 is 2.50 bits per heavy atom. The van der Waals surface area contributed by atoms with Crippen LogP contribution in [0.15, 0.2) is 30.3 Å². The van der Waals surface area contributed by atoms with Gasteiger partial charge in [-0.3, -0.25) is 4.21 Å². The second-order valence-corrected chi connectivity index (χ2v) is 10.3. The Bertz CT molecular complexity index is 1050. The topological polar surface area (TPSA) is 120 Å². The minimum atomic E-state index is -2.16. The molecule has 2 aliphatic carbocycles. The number of carbonyl (C=O) groups excluding carboxylic acids is 1. The highest BCUT2D eigenvalue weighted by molar-refractivity contribution is 7.79. The van der Waals surface area contributed by atoms with Gasteiger partial charge in [0, 0.05) is 47.6 Å². The number of hydrogen-bond donors (Lipinski definition) is 2. The van der Waals surface area contributed by atoms with E-state index in [1.165, 1.54) is 0 Å². The first-order valence-corrected chi connectivity index (χ1v) is 13.2. The van der Waals surface area contributed by atoms with E-state index in [-0.39, 0.29) is 11.8 Å². The van der Waals surface area contributed by atoms with Crippen LogP contribution in [0.25, 0.3) is 11.4 Å². The largest absolute Gasteiger partial charge is 0.772 e. The Morgan fingerprint density at radius 1 is 1.15 bits per heavy atom. The highest BCUT2D eigenvalue weighted by Crippen LogP contribution is 2.42. The lowest BCUT2D eigenvalue weighted by Gasteiger charge is -2.32. The predicted octanol–water partition coefficient (Wildman–Crippen LogP) is 2.96. The third-order valence-corrected chi connectivity index (χ3v) is 7.65. The van der Waals surface area contributed by atoms with Crippen LogP contribution in [-0.2, 0) is 21.2 Å². The summed E-state index contributed by atoms with van der Waals surface area (Å²) in [7, 11) is 0. The molecule has 2 aromatic rings. The summed E-state index contributed by atoms with van der Waals surface area (Å²) in [4.78, 5) is 24.0. The average Bonchev–Trinajstić information content (AvgIpc) is 3.53. The summed E-state index contributed by atoms with van der Waals surface area (Å²) >= 11 is -2.16. The van der Waals surface area contributed by atoms with Crippen molar-refractivity contribution >= 4 is 28.6 Å². The van der Waals surface area contributed by atoms with E-state index >= 15 is 0 Å². The van der Waals surface area contributed by atoms with E-state index in [4.69, 9.17) is 14.7 Å². The zero-order valence-corrected chi connectivity index (χ0v) is 19.9. The zero-order chi connectivity index (χ0) is 23.5. The second kappa shape index (κ2) is 9.97. The molecule has 2 N–H and O–H groups in total. The maximum absolute atomic E-state index is 12.0. The van der Waals surface area contributed by atoms with Crippen LogP contribution in [0.5, 0.6) is 0 Å². The predicted molar refractivity (Wildman–Crippen MR) is 130 cm³/mol. The van der Waals surface area contributed by atoms with Gasteiger partial charge in [0.2, 0.25) is 0 Å². The number of nitrogens with zero attached hydrogens (tertiary/aromatic N) is 3.